The third-order valence-electron chi connectivity index (χ3n) is 3.62. The molecule has 0 bridgehead atoms. The average Bonchev–Trinajstić information content (AvgIpc) is 2.62. The molecule has 2 rings (SSSR count). The van der Waals surface area contributed by atoms with E-state index < -0.39 is 0 Å². The van der Waals surface area contributed by atoms with Crippen LogP contribution in [0.2, 0.25) is 0 Å². The van der Waals surface area contributed by atoms with Gasteiger partial charge in [0, 0.05) is 5.41 Å². The van der Waals surface area contributed by atoms with Gasteiger partial charge in [0.1, 0.15) is 6.04 Å². The van der Waals surface area contributed by atoms with E-state index in [1.165, 1.54) is 7.11 Å². The molecule has 80 valence electrons. The van der Waals surface area contributed by atoms with Crippen LogP contribution in [0.3, 0.4) is 0 Å². The average molecular weight is 198 g/mol. The van der Waals surface area contributed by atoms with E-state index >= 15 is 0 Å². The first-order chi connectivity index (χ1) is 6.78. The zero-order valence-corrected chi connectivity index (χ0v) is 8.64. The predicted octanol–water partition coefficient (Wildman–Crippen LogP) is -0.109. The Morgan fingerprint density at radius 2 is 1.93 bits per heavy atom. The Morgan fingerprint density at radius 3 is 2.57 bits per heavy atom. The lowest BCUT2D eigenvalue weighted by atomic mass is 9.73. The molecule has 2 N–H and O–H groups in total. The van der Waals surface area contributed by atoms with Gasteiger partial charge in [-0.2, -0.15) is 0 Å². The van der Waals surface area contributed by atoms with Gasteiger partial charge in [-0.25, -0.2) is 0 Å². The summed E-state index contributed by atoms with van der Waals surface area (Å²) < 4.78 is 4.84. The Hall–Kier alpha value is -0.610. The SMILES string of the molecule is COC(=O)C1NCCC12CCNCC2. The summed E-state index contributed by atoms with van der Waals surface area (Å²) in [5.74, 6) is -0.0931. The summed E-state index contributed by atoms with van der Waals surface area (Å²) in [5, 5.41) is 6.60. The Bertz CT molecular complexity index is 224. The fourth-order valence-corrected chi connectivity index (χ4v) is 2.74. The van der Waals surface area contributed by atoms with Crippen LogP contribution in [0.4, 0.5) is 0 Å². The second kappa shape index (κ2) is 3.87. The summed E-state index contributed by atoms with van der Waals surface area (Å²) in [5.41, 5.74) is 0.165. The van der Waals surface area contributed by atoms with Crippen molar-refractivity contribution in [3.8, 4) is 0 Å². The summed E-state index contributed by atoms with van der Waals surface area (Å²) in [6.07, 6.45) is 3.27. The lowest BCUT2D eigenvalue weighted by Gasteiger charge is -2.37. The minimum absolute atomic E-state index is 0.0744. The summed E-state index contributed by atoms with van der Waals surface area (Å²) in [4.78, 5) is 11.6. The molecule has 2 fully saturated rings. The molecule has 0 aromatic carbocycles. The van der Waals surface area contributed by atoms with Crippen molar-refractivity contribution in [1.82, 2.24) is 10.6 Å². The van der Waals surface area contributed by atoms with E-state index in [9.17, 15) is 4.79 Å². The van der Waals surface area contributed by atoms with Crippen LogP contribution < -0.4 is 10.6 Å². The number of nitrogens with one attached hydrogen (secondary N) is 2. The Balaban J connectivity index is 2.11. The van der Waals surface area contributed by atoms with E-state index in [1.54, 1.807) is 0 Å². The quantitative estimate of drug-likeness (QED) is 0.577. The van der Waals surface area contributed by atoms with Crippen molar-refractivity contribution in [3.05, 3.63) is 0 Å². The number of piperidine rings is 1. The molecule has 0 radical (unpaired) electrons. The van der Waals surface area contributed by atoms with Gasteiger partial charge in [-0.3, -0.25) is 4.79 Å². The first-order valence-corrected chi connectivity index (χ1v) is 5.30. The Kier molecular flexibility index (Phi) is 2.74. The second-order valence-electron chi connectivity index (χ2n) is 4.27. The molecule has 2 aliphatic heterocycles. The van der Waals surface area contributed by atoms with Crippen LogP contribution in [0.5, 0.6) is 0 Å². The molecule has 2 aliphatic rings. The highest BCUT2D eigenvalue weighted by Crippen LogP contribution is 2.40. The lowest BCUT2D eigenvalue weighted by molar-refractivity contribution is -0.146. The van der Waals surface area contributed by atoms with Gasteiger partial charge in [0.15, 0.2) is 0 Å². The maximum Gasteiger partial charge on any atom is 0.323 e. The molecule has 0 amide bonds. The highest BCUT2D eigenvalue weighted by Gasteiger charge is 2.47. The molecule has 4 nitrogen and oxygen atoms in total. The number of ether oxygens (including phenoxy) is 1. The summed E-state index contributed by atoms with van der Waals surface area (Å²) >= 11 is 0. The first kappa shape index (κ1) is 9.93. The predicted molar refractivity (Wildman–Crippen MR) is 53.0 cm³/mol. The monoisotopic (exact) mass is 198 g/mol. The van der Waals surface area contributed by atoms with Crippen LogP contribution in [-0.4, -0.2) is 38.8 Å². The lowest BCUT2D eigenvalue weighted by Crippen LogP contribution is -2.49. The fraction of sp³-hybridized carbons (Fsp3) is 0.900. The summed E-state index contributed by atoms with van der Waals surface area (Å²) in [6.45, 7) is 2.99. The van der Waals surface area contributed by atoms with Gasteiger partial charge in [-0.15, -0.1) is 0 Å². The summed E-state index contributed by atoms with van der Waals surface area (Å²) in [6, 6.07) is -0.0744. The molecule has 0 saturated carbocycles. The van der Waals surface area contributed by atoms with Gasteiger partial charge in [0.25, 0.3) is 0 Å². The van der Waals surface area contributed by atoms with Gasteiger partial charge in [-0.1, -0.05) is 0 Å². The highest BCUT2D eigenvalue weighted by molar-refractivity contribution is 5.77. The van der Waals surface area contributed by atoms with Crippen LogP contribution in [0, 0.1) is 5.41 Å². The minimum Gasteiger partial charge on any atom is -0.468 e. The van der Waals surface area contributed by atoms with Crippen molar-refractivity contribution in [2.75, 3.05) is 26.7 Å². The van der Waals surface area contributed by atoms with Gasteiger partial charge in [0.05, 0.1) is 7.11 Å². The van der Waals surface area contributed by atoms with E-state index in [2.05, 4.69) is 10.6 Å². The van der Waals surface area contributed by atoms with Crippen LogP contribution >= 0.6 is 0 Å². The van der Waals surface area contributed by atoms with E-state index in [0.29, 0.717) is 0 Å². The second-order valence-corrected chi connectivity index (χ2v) is 4.27. The molecule has 14 heavy (non-hydrogen) atoms. The molecule has 2 heterocycles. The molecule has 2 saturated heterocycles. The Labute approximate surface area is 84.4 Å². The van der Waals surface area contributed by atoms with Crippen molar-refractivity contribution >= 4 is 5.97 Å². The first-order valence-electron chi connectivity index (χ1n) is 5.30. The molecule has 1 atom stereocenters. The number of esters is 1. The molecular weight excluding hydrogens is 180 g/mol. The summed E-state index contributed by atoms with van der Waals surface area (Å²) in [7, 11) is 1.47. The van der Waals surface area contributed by atoms with Crippen molar-refractivity contribution in [2.24, 2.45) is 5.41 Å². The van der Waals surface area contributed by atoms with Crippen LogP contribution in [0.25, 0.3) is 0 Å². The van der Waals surface area contributed by atoms with Crippen LogP contribution in [0.15, 0.2) is 0 Å². The fourth-order valence-electron chi connectivity index (χ4n) is 2.74. The van der Waals surface area contributed by atoms with Crippen molar-refractivity contribution in [3.63, 3.8) is 0 Å². The van der Waals surface area contributed by atoms with Crippen LogP contribution in [-0.2, 0) is 9.53 Å². The van der Waals surface area contributed by atoms with Gasteiger partial charge >= 0.3 is 5.97 Å². The smallest absolute Gasteiger partial charge is 0.323 e. The van der Waals surface area contributed by atoms with Gasteiger partial charge < -0.3 is 15.4 Å². The molecule has 0 aromatic heterocycles. The van der Waals surface area contributed by atoms with E-state index in [-0.39, 0.29) is 17.4 Å². The van der Waals surface area contributed by atoms with Crippen molar-refractivity contribution < 1.29 is 9.53 Å². The molecule has 4 heteroatoms. The topological polar surface area (TPSA) is 50.4 Å². The molecular formula is C10H18N2O2. The highest BCUT2D eigenvalue weighted by atomic mass is 16.5. The number of rotatable bonds is 1. The third kappa shape index (κ3) is 1.53. The number of methoxy groups -OCH3 is 1. The number of hydrogen-bond acceptors (Lipinski definition) is 4. The standard InChI is InChI=1S/C10H18N2O2/c1-14-9(13)8-10(4-7-12-8)2-5-11-6-3-10/h8,11-12H,2-7H2,1H3. The number of carbonyl (C=O) groups excluding carboxylic acids is 1. The van der Waals surface area contributed by atoms with Crippen LogP contribution in [0.1, 0.15) is 19.3 Å². The van der Waals surface area contributed by atoms with E-state index in [4.69, 9.17) is 4.74 Å². The minimum atomic E-state index is -0.0931. The number of hydrogen-bond donors (Lipinski definition) is 2. The van der Waals surface area contributed by atoms with E-state index in [1.807, 2.05) is 0 Å². The van der Waals surface area contributed by atoms with Gasteiger partial charge in [-0.05, 0) is 38.9 Å². The molecule has 0 aliphatic carbocycles. The van der Waals surface area contributed by atoms with Gasteiger partial charge in [0.2, 0.25) is 0 Å². The molecule has 0 aromatic rings. The number of carbonyl (C=O) groups is 1. The van der Waals surface area contributed by atoms with E-state index in [0.717, 1.165) is 38.9 Å². The van der Waals surface area contributed by atoms with Crippen molar-refractivity contribution in [2.45, 2.75) is 25.3 Å². The van der Waals surface area contributed by atoms with Crippen molar-refractivity contribution in [1.29, 1.82) is 0 Å². The third-order valence-corrected chi connectivity index (χ3v) is 3.62. The Morgan fingerprint density at radius 1 is 1.29 bits per heavy atom. The maximum atomic E-state index is 11.6. The molecule has 1 unspecified atom stereocenters. The largest absolute Gasteiger partial charge is 0.468 e. The maximum absolute atomic E-state index is 11.6. The normalized spacial score (nSPS) is 30.5. The zero-order chi connectivity index (χ0) is 10.0. The molecule has 1 spiro atoms. The zero-order valence-electron chi connectivity index (χ0n) is 8.64.